The molecule has 2 unspecified atom stereocenters. The number of rotatable bonds is 5. The maximum atomic E-state index is 12.1. The van der Waals surface area contributed by atoms with Gasteiger partial charge in [-0.15, -0.1) is 0 Å². The van der Waals surface area contributed by atoms with E-state index in [2.05, 4.69) is 24.0 Å². The van der Waals surface area contributed by atoms with Crippen LogP contribution in [0.2, 0.25) is 0 Å². The Hall–Kier alpha value is -3.11. The number of hydrogen-bond acceptors (Lipinski definition) is 3. The second-order valence-corrected chi connectivity index (χ2v) is 6.85. The molecule has 0 saturated carbocycles. The number of carbonyl (C=O) groups excluding carboxylic acids is 1. The standard InChI is InChI=1S/C22H23N3O/c1-5-19-9-15(2)20(25-21(19)26)10-16(3)22(4,14-24)12-17-7-6-8-18(11-17)13-23/h6-11,15H,3,5,12H2,1-2,4H3,(H,25,26)/b20-10+. The quantitative estimate of drug-likeness (QED) is 0.870. The number of allylic oxidation sites excluding steroid dienone is 3. The number of nitrogens with one attached hydrogen (secondary N) is 1. The number of nitriles is 2. The maximum Gasteiger partial charge on any atom is 0.251 e. The normalized spacial score (nSPS) is 20.3. The molecule has 132 valence electrons. The second-order valence-electron chi connectivity index (χ2n) is 6.85. The van der Waals surface area contributed by atoms with E-state index in [-0.39, 0.29) is 11.8 Å². The van der Waals surface area contributed by atoms with E-state index in [1.807, 2.05) is 45.1 Å². The van der Waals surface area contributed by atoms with Crippen molar-refractivity contribution >= 4 is 5.91 Å². The zero-order valence-electron chi connectivity index (χ0n) is 15.5. The zero-order chi connectivity index (χ0) is 19.3. The molecule has 0 aliphatic carbocycles. The molecule has 2 atom stereocenters. The molecule has 1 heterocycles. The largest absolute Gasteiger partial charge is 0.325 e. The predicted molar refractivity (Wildman–Crippen MR) is 101 cm³/mol. The van der Waals surface area contributed by atoms with Crippen LogP contribution >= 0.6 is 0 Å². The van der Waals surface area contributed by atoms with Crippen molar-refractivity contribution in [2.75, 3.05) is 0 Å². The highest BCUT2D eigenvalue weighted by Gasteiger charge is 2.29. The van der Waals surface area contributed by atoms with Crippen molar-refractivity contribution in [1.82, 2.24) is 5.32 Å². The van der Waals surface area contributed by atoms with Gasteiger partial charge in [0.05, 0.1) is 23.1 Å². The molecule has 0 aromatic heterocycles. The van der Waals surface area contributed by atoms with Crippen molar-refractivity contribution in [3.63, 3.8) is 0 Å². The summed E-state index contributed by atoms with van der Waals surface area (Å²) in [4.78, 5) is 12.1. The molecular weight excluding hydrogens is 322 g/mol. The van der Waals surface area contributed by atoms with E-state index in [1.54, 1.807) is 12.1 Å². The molecule has 0 saturated heterocycles. The highest BCUT2D eigenvalue weighted by Crippen LogP contribution is 2.33. The van der Waals surface area contributed by atoms with Crippen LogP contribution in [0.25, 0.3) is 0 Å². The first-order valence-corrected chi connectivity index (χ1v) is 8.66. The maximum absolute atomic E-state index is 12.1. The minimum absolute atomic E-state index is 0.0595. The Labute approximate surface area is 155 Å². The number of benzene rings is 1. The van der Waals surface area contributed by atoms with E-state index >= 15 is 0 Å². The van der Waals surface area contributed by atoms with Gasteiger partial charge in [0.2, 0.25) is 0 Å². The van der Waals surface area contributed by atoms with Crippen LogP contribution in [0, 0.1) is 34.0 Å². The van der Waals surface area contributed by atoms with Crippen LogP contribution in [0.5, 0.6) is 0 Å². The Bertz CT molecular complexity index is 879. The molecule has 26 heavy (non-hydrogen) atoms. The van der Waals surface area contributed by atoms with E-state index in [1.165, 1.54) is 0 Å². The van der Waals surface area contributed by atoms with Crippen molar-refractivity contribution in [3.05, 3.63) is 71.0 Å². The van der Waals surface area contributed by atoms with E-state index in [0.29, 0.717) is 24.0 Å². The molecule has 4 nitrogen and oxygen atoms in total. The highest BCUT2D eigenvalue weighted by atomic mass is 16.1. The van der Waals surface area contributed by atoms with Crippen LogP contribution in [-0.2, 0) is 11.2 Å². The van der Waals surface area contributed by atoms with Gasteiger partial charge in [-0.1, -0.05) is 38.6 Å². The van der Waals surface area contributed by atoms with Gasteiger partial charge in [0, 0.05) is 17.2 Å². The fourth-order valence-electron chi connectivity index (χ4n) is 2.97. The first-order valence-electron chi connectivity index (χ1n) is 8.66. The molecule has 1 aliphatic heterocycles. The van der Waals surface area contributed by atoms with Crippen LogP contribution in [0.3, 0.4) is 0 Å². The SMILES string of the molecule is C=C(/C=C1/NC(=O)C(CC)=CC1C)C(C)(C#N)Cc1cccc(C#N)c1. The third-order valence-corrected chi connectivity index (χ3v) is 4.77. The fraction of sp³-hybridized carbons (Fsp3) is 0.318. The second kappa shape index (κ2) is 7.85. The van der Waals surface area contributed by atoms with Gasteiger partial charge >= 0.3 is 0 Å². The van der Waals surface area contributed by atoms with Gasteiger partial charge < -0.3 is 5.32 Å². The van der Waals surface area contributed by atoms with Gasteiger partial charge in [-0.05, 0) is 49.1 Å². The van der Waals surface area contributed by atoms with Crippen molar-refractivity contribution in [2.45, 2.75) is 33.6 Å². The first kappa shape index (κ1) is 19.2. The van der Waals surface area contributed by atoms with Crippen molar-refractivity contribution in [2.24, 2.45) is 11.3 Å². The summed E-state index contributed by atoms with van der Waals surface area (Å²) in [5, 5.41) is 21.7. The Morgan fingerprint density at radius 2 is 2.15 bits per heavy atom. The van der Waals surface area contributed by atoms with Gasteiger partial charge in [0.25, 0.3) is 5.91 Å². The number of hydrogen-bond donors (Lipinski definition) is 1. The first-order chi connectivity index (χ1) is 12.3. The Kier molecular flexibility index (Phi) is 5.80. The third-order valence-electron chi connectivity index (χ3n) is 4.77. The Balaban J connectivity index is 2.28. The summed E-state index contributed by atoms with van der Waals surface area (Å²) in [6.07, 6.45) is 4.90. The summed E-state index contributed by atoms with van der Waals surface area (Å²) in [6.45, 7) is 9.88. The summed E-state index contributed by atoms with van der Waals surface area (Å²) in [6, 6.07) is 11.7. The molecule has 1 amide bonds. The van der Waals surface area contributed by atoms with E-state index in [9.17, 15) is 10.1 Å². The molecular formula is C22H23N3O. The van der Waals surface area contributed by atoms with Crippen LogP contribution in [0.1, 0.15) is 38.3 Å². The van der Waals surface area contributed by atoms with E-state index < -0.39 is 5.41 Å². The summed E-state index contributed by atoms with van der Waals surface area (Å²) < 4.78 is 0. The lowest BCUT2D eigenvalue weighted by Crippen LogP contribution is -2.32. The monoisotopic (exact) mass is 345 g/mol. The minimum atomic E-state index is -0.833. The average molecular weight is 345 g/mol. The van der Waals surface area contributed by atoms with Crippen molar-refractivity contribution in [3.8, 4) is 12.1 Å². The minimum Gasteiger partial charge on any atom is -0.325 e. The van der Waals surface area contributed by atoms with Crippen LogP contribution in [0.4, 0.5) is 0 Å². The molecule has 1 aromatic rings. The zero-order valence-corrected chi connectivity index (χ0v) is 15.5. The lowest BCUT2D eigenvalue weighted by atomic mass is 9.77. The van der Waals surface area contributed by atoms with Crippen LogP contribution < -0.4 is 5.32 Å². The lowest BCUT2D eigenvalue weighted by molar-refractivity contribution is -0.117. The van der Waals surface area contributed by atoms with E-state index in [4.69, 9.17) is 5.26 Å². The van der Waals surface area contributed by atoms with Gasteiger partial charge in [-0.2, -0.15) is 10.5 Å². The molecule has 0 spiro atoms. The average Bonchev–Trinajstić information content (AvgIpc) is 2.64. The number of nitrogens with zero attached hydrogens (tertiary/aromatic N) is 2. The van der Waals surface area contributed by atoms with Gasteiger partial charge in [-0.3, -0.25) is 4.79 Å². The summed E-state index contributed by atoms with van der Waals surface area (Å²) >= 11 is 0. The van der Waals surface area contributed by atoms with Gasteiger partial charge in [-0.25, -0.2) is 0 Å². The molecule has 1 aromatic carbocycles. The molecule has 4 heteroatoms. The molecule has 1 N–H and O–H groups in total. The molecule has 0 fully saturated rings. The third kappa shape index (κ3) is 4.10. The van der Waals surface area contributed by atoms with Gasteiger partial charge in [0.15, 0.2) is 0 Å². The number of carbonyl (C=O) groups is 1. The molecule has 2 rings (SSSR count). The Morgan fingerprint density at radius 1 is 1.42 bits per heavy atom. The van der Waals surface area contributed by atoms with Crippen LogP contribution in [0.15, 0.2) is 59.8 Å². The summed E-state index contributed by atoms with van der Waals surface area (Å²) in [5.74, 6) is -0.0331. The topological polar surface area (TPSA) is 76.7 Å². The summed E-state index contributed by atoms with van der Waals surface area (Å²) in [7, 11) is 0. The van der Waals surface area contributed by atoms with E-state index in [0.717, 1.165) is 16.8 Å². The molecule has 1 aliphatic rings. The van der Waals surface area contributed by atoms with Gasteiger partial charge in [0.1, 0.15) is 0 Å². The fourth-order valence-corrected chi connectivity index (χ4v) is 2.97. The molecule has 0 radical (unpaired) electrons. The lowest BCUT2D eigenvalue weighted by Gasteiger charge is -2.26. The summed E-state index contributed by atoms with van der Waals surface area (Å²) in [5.41, 5.74) is 2.80. The van der Waals surface area contributed by atoms with Crippen molar-refractivity contribution < 1.29 is 4.79 Å². The van der Waals surface area contributed by atoms with Crippen LogP contribution in [-0.4, -0.2) is 5.91 Å². The molecule has 0 bridgehead atoms. The highest BCUT2D eigenvalue weighted by molar-refractivity contribution is 5.95. The Morgan fingerprint density at radius 3 is 2.77 bits per heavy atom. The number of amides is 1. The van der Waals surface area contributed by atoms with Crippen molar-refractivity contribution in [1.29, 1.82) is 10.5 Å². The smallest absolute Gasteiger partial charge is 0.251 e. The predicted octanol–water partition coefficient (Wildman–Crippen LogP) is 4.17.